The molecule has 1 amide bonds. The van der Waals surface area contributed by atoms with Gasteiger partial charge < -0.3 is 14.2 Å². The maximum Gasteiger partial charge on any atom is 0.324 e. The molecule has 0 aliphatic carbocycles. The largest absolute Gasteiger partial charge is 0.473 e. The lowest BCUT2D eigenvalue weighted by molar-refractivity contribution is -0.119. The number of fused-ring (bicyclic) bond motifs is 1. The molecule has 40 heavy (non-hydrogen) atoms. The van der Waals surface area contributed by atoms with Gasteiger partial charge >= 0.3 is 6.01 Å². The summed E-state index contributed by atoms with van der Waals surface area (Å²) in [5.41, 5.74) is 1.58. The third-order valence-corrected chi connectivity index (χ3v) is 8.00. The van der Waals surface area contributed by atoms with E-state index in [2.05, 4.69) is 25.2 Å². The summed E-state index contributed by atoms with van der Waals surface area (Å²) in [5.74, 6) is -0.566. The third kappa shape index (κ3) is 5.33. The number of hydrogen-bond donors (Lipinski definition) is 1. The van der Waals surface area contributed by atoms with Crippen molar-refractivity contribution in [3.63, 3.8) is 0 Å². The molecule has 212 valence electrons. The Balaban J connectivity index is 1.35. The summed E-state index contributed by atoms with van der Waals surface area (Å²) in [4.78, 5) is 26.1. The van der Waals surface area contributed by atoms with E-state index in [0.29, 0.717) is 65.9 Å². The van der Waals surface area contributed by atoms with Crippen LogP contribution in [0.1, 0.15) is 51.8 Å². The molecule has 5 rings (SSSR count). The molecule has 1 fully saturated rings. The number of halogens is 1. The Bertz CT molecular complexity index is 1660. The summed E-state index contributed by atoms with van der Waals surface area (Å²) in [6.07, 6.45) is 2.57. The van der Waals surface area contributed by atoms with Crippen molar-refractivity contribution in [1.82, 2.24) is 34.6 Å². The zero-order valence-electron chi connectivity index (χ0n) is 22.5. The summed E-state index contributed by atoms with van der Waals surface area (Å²) in [6.45, 7) is 6.85. The highest BCUT2D eigenvalue weighted by Crippen LogP contribution is 2.33. The minimum atomic E-state index is -4.35. The Morgan fingerprint density at radius 1 is 1.25 bits per heavy atom. The molecule has 0 unspecified atom stereocenters. The molecule has 0 radical (unpaired) electrons. The molecule has 1 aliphatic rings. The molecule has 0 atom stereocenters. The van der Waals surface area contributed by atoms with Crippen LogP contribution >= 0.6 is 0 Å². The van der Waals surface area contributed by atoms with Gasteiger partial charge in [-0.25, -0.2) is 22.5 Å². The number of benzene rings is 1. The Kier molecular flexibility index (Phi) is 7.40. The van der Waals surface area contributed by atoms with Crippen LogP contribution in [0.4, 0.5) is 10.4 Å². The minimum absolute atomic E-state index is 0.0557. The van der Waals surface area contributed by atoms with Crippen LogP contribution < -0.4 is 14.4 Å². The Labute approximate surface area is 229 Å². The predicted octanol–water partition coefficient (Wildman–Crippen LogP) is 2.94. The first kappa shape index (κ1) is 27.4. The van der Waals surface area contributed by atoms with Gasteiger partial charge in [-0.2, -0.15) is 15.1 Å². The lowest BCUT2D eigenvalue weighted by Crippen LogP contribution is -2.38. The molecule has 1 aromatic carbocycles. The van der Waals surface area contributed by atoms with Crippen molar-refractivity contribution < 1.29 is 26.9 Å². The van der Waals surface area contributed by atoms with Crippen LogP contribution in [-0.2, 0) is 21.9 Å². The lowest BCUT2D eigenvalue weighted by atomic mass is 10.1. The van der Waals surface area contributed by atoms with E-state index in [0.717, 1.165) is 12.1 Å². The fourth-order valence-electron chi connectivity index (χ4n) is 4.41. The average Bonchev–Trinajstić information content (AvgIpc) is 3.55. The number of piperidine rings is 1. The highest BCUT2D eigenvalue weighted by Gasteiger charge is 2.27. The Morgan fingerprint density at radius 3 is 2.65 bits per heavy atom. The summed E-state index contributed by atoms with van der Waals surface area (Å²) >= 11 is 0. The van der Waals surface area contributed by atoms with Gasteiger partial charge in [0.15, 0.2) is 5.82 Å². The SMILES string of the molecule is CCC(=O)NS(=O)(=O)c1ccc(-c2nn(C)c3c(OC4CCN(c5nc(C(C)C)no5)CC4)ncnc23)cc1F. The lowest BCUT2D eigenvalue weighted by Gasteiger charge is -2.30. The van der Waals surface area contributed by atoms with E-state index < -0.39 is 26.6 Å². The van der Waals surface area contributed by atoms with Gasteiger partial charge in [0, 0.05) is 50.9 Å². The number of nitrogens with zero attached hydrogens (tertiary/aromatic N) is 7. The molecule has 15 heteroatoms. The van der Waals surface area contributed by atoms with Gasteiger partial charge in [0.25, 0.3) is 10.0 Å². The van der Waals surface area contributed by atoms with Crippen molar-refractivity contribution in [2.75, 3.05) is 18.0 Å². The number of aromatic nitrogens is 6. The highest BCUT2D eigenvalue weighted by molar-refractivity contribution is 7.90. The molecule has 4 heterocycles. The molecule has 0 saturated carbocycles. The number of carbonyl (C=O) groups is 1. The van der Waals surface area contributed by atoms with Crippen molar-refractivity contribution >= 4 is 33.0 Å². The van der Waals surface area contributed by atoms with Crippen molar-refractivity contribution in [2.24, 2.45) is 7.05 Å². The molecular formula is C25H29FN8O5S. The van der Waals surface area contributed by atoms with Gasteiger partial charge in [-0.15, -0.1) is 0 Å². The molecular weight excluding hydrogens is 543 g/mol. The van der Waals surface area contributed by atoms with Crippen molar-refractivity contribution in [2.45, 2.75) is 57.0 Å². The number of amides is 1. The fourth-order valence-corrected chi connectivity index (χ4v) is 5.53. The predicted molar refractivity (Wildman–Crippen MR) is 142 cm³/mol. The molecule has 1 aliphatic heterocycles. The maximum atomic E-state index is 14.9. The first-order valence-corrected chi connectivity index (χ1v) is 14.3. The van der Waals surface area contributed by atoms with E-state index in [1.807, 2.05) is 23.5 Å². The number of carbonyl (C=O) groups excluding carboxylic acids is 1. The molecule has 1 N–H and O–H groups in total. The van der Waals surface area contributed by atoms with Gasteiger partial charge in [0.2, 0.25) is 11.8 Å². The monoisotopic (exact) mass is 572 g/mol. The number of sulfonamides is 1. The van der Waals surface area contributed by atoms with Gasteiger partial charge in [-0.1, -0.05) is 32.0 Å². The molecule has 4 aromatic rings. The quantitative estimate of drug-likeness (QED) is 0.331. The zero-order chi connectivity index (χ0) is 28.6. The highest BCUT2D eigenvalue weighted by atomic mass is 32.2. The van der Waals surface area contributed by atoms with E-state index in [1.54, 1.807) is 11.7 Å². The zero-order valence-corrected chi connectivity index (χ0v) is 23.3. The van der Waals surface area contributed by atoms with Crippen LogP contribution in [0, 0.1) is 5.82 Å². The number of rotatable bonds is 8. The van der Waals surface area contributed by atoms with E-state index in [1.165, 1.54) is 19.3 Å². The standard InChI is InChI=1S/C25H29FN8O5S/c1-5-19(35)32-40(36,37)18-7-6-15(12-17(18)26)20-21-22(33(4)30-20)24(28-13-27-21)38-16-8-10-34(11-9-16)25-29-23(14(2)3)31-39-25/h6-7,12-14,16H,5,8-11H2,1-4H3,(H,32,35). The second-order valence-electron chi connectivity index (χ2n) is 9.77. The van der Waals surface area contributed by atoms with Gasteiger partial charge in [0.1, 0.15) is 39.9 Å². The number of hydrogen-bond acceptors (Lipinski definition) is 11. The molecule has 13 nitrogen and oxygen atoms in total. The summed E-state index contributed by atoms with van der Waals surface area (Å²) in [6, 6.07) is 4.06. The average molecular weight is 573 g/mol. The Morgan fingerprint density at radius 2 is 2.00 bits per heavy atom. The summed E-state index contributed by atoms with van der Waals surface area (Å²) in [5, 5.41) is 8.52. The normalized spacial score (nSPS) is 14.7. The smallest absolute Gasteiger partial charge is 0.324 e. The second kappa shape index (κ2) is 10.8. The fraction of sp³-hybridized carbons (Fsp3) is 0.440. The van der Waals surface area contributed by atoms with Gasteiger partial charge in [-0.05, 0) is 12.1 Å². The molecule has 0 spiro atoms. The Hall–Kier alpha value is -4.14. The van der Waals surface area contributed by atoms with Crippen LogP contribution in [0.2, 0.25) is 0 Å². The number of ether oxygens (including phenoxy) is 1. The first-order valence-electron chi connectivity index (χ1n) is 12.9. The van der Waals surface area contributed by atoms with Crippen LogP contribution in [0.3, 0.4) is 0 Å². The molecule has 0 bridgehead atoms. The second-order valence-corrected chi connectivity index (χ2v) is 11.4. The van der Waals surface area contributed by atoms with Gasteiger partial charge in [0.05, 0.1) is 0 Å². The minimum Gasteiger partial charge on any atom is -0.473 e. The number of nitrogens with one attached hydrogen (secondary N) is 1. The number of anilines is 1. The van der Waals surface area contributed by atoms with Crippen LogP contribution in [-0.4, -0.2) is 63.4 Å². The van der Waals surface area contributed by atoms with Crippen molar-refractivity contribution in [3.05, 3.63) is 36.2 Å². The van der Waals surface area contributed by atoms with Crippen LogP contribution in [0.5, 0.6) is 5.88 Å². The summed E-state index contributed by atoms with van der Waals surface area (Å²) < 4.78 is 54.8. The van der Waals surface area contributed by atoms with Crippen molar-refractivity contribution in [1.29, 1.82) is 0 Å². The van der Waals surface area contributed by atoms with Crippen molar-refractivity contribution in [3.8, 4) is 17.1 Å². The molecule has 3 aromatic heterocycles. The first-order chi connectivity index (χ1) is 19.1. The van der Waals surface area contributed by atoms with E-state index in [-0.39, 0.29) is 18.4 Å². The third-order valence-electron chi connectivity index (χ3n) is 6.59. The maximum absolute atomic E-state index is 14.9. The van der Waals surface area contributed by atoms with Crippen LogP contribution in [0.25, 0.3) is 22.3 Å². The van der Waals surface area contributed by atoms with Crippen LogP contribution in [0.15, 0.2) is 33.9 Å². The van der Waals surface area contributed by atoms with E-state index in [9.17, 15) is 17.6 Å². The van der Waals surface area contributed by atoms with Gasteiger partial charge in [-0.3, -0.25) is 9.48 Å². The number of aryl methyl sites for hydroxylation is 1. The summed E-state index contributed by atoms with van der Waals surface area (Å²) in [7, 11) is -2.65. The van der Waals surface area contributed by atoms with E-state index >= 15 is 0 Å². The van der Waals surface area contributed by atoms with E-state index in [4.69, 9.17) is 9.26 Å². The topological polar surface area (TPSA) is 158 Å². The molecule has 1 saturated heterocycles.